The fraction of sp³-hybridized carbons (Fsp3) is 0.625. The van der Waals surface area contributed by atoms with E-state index in [1.165, 1.54) is 6.33 Å². The smallest absolute Gasteiger partial charge is 0.244 e. The van der Waals surface area contributed by atoms with E-state index in [9.17, 15) is 0 Å². The van der Waals surface area contributed by atoms with E-state index in [0.717, 1.165) is 45.1 Å². The number of aliphatic hydroxyl groups is 1. The Morgan fingerprint density at radius 1 is 1.04 bits per heavy atom. The van der Waals surface area contributed by atoms with Crippen molar-refractivity contribution in [2.45, 2.75) is 0 Å². The van der Waals surface area contributed by atoms with Gasteiger partial charge in [0, 0.05) is 39.3 Å². The Morgan fingerprint density at radius 2 is 1.85 bits per heavy atom. The molecule has 4 rings (SSSR count). The van der Waals surface area contributed by atoms with Crippen LogP contribution >= 0.6 is 0 Å². The number of rotatable bonds is 5. The molecule has 0 saturated carbocycles. The van der Waals surface area contributed by atoms with Gasteiger partial charge in [-0.15, -0.1) is 0 Å². The summed E-state index contributed by atoms with van der Waals surface area (Å²) in [6.07, 6.45) is 1.45. The molecule has 0 bridgehead atoms. The summed E-state index contributed by atoms with van der Waals surface area (Å²) in [5.74, 6) is 1.81. The molecule has 140 valence electrons. The molecule has 10 heteroatoms. The van der Waals surface area contributed by atoms with E-state index in [4.69, 9.17) is 24.5 Å². The maximum Gasteiger partial charge on any atom is 0.244 e. The van der Waals surface area contributed by atoms with Crippen molar-refractivity contribution in [3.05, 3.63) is 6.33 Å². The van der Waals surface area contributed by atoms with Crippen LogP contribution in [0.25, 0.3) is 11.0 Å². The fourth-order valence-electron chi connectivity index (χ4n) is 3.15. The van der Waals surface area contributed by atoms with Gasteiger partial charge in [0.1, 0.15) is 18.5 Å². The molecule has 0 aliphatic carbocycles. The quantitative estimate of drug-likeness (QED) is 0.691. The number of hydrogen-bond acceptors (Lipinski definition) is 10. The van der Waals surface area contributed by atoms with Crippen molar-refractivity contribution in [2.75, 3.05) is 75.5 Å². The Balaban J connectivity index is 1.80. The van der Waals surface area contributed by atoms with E-state index in [1.54, 1.807) is 0 Å². The molecule has 0 aromatic carbocycles. The molecular formula is C16H23N7O3. The monoisotopic (exact) mass is 361 g/mol. The largest absolute Gasteiger partial charge is 0.474 e. The first kappa shape index (κ1) is 17.1. The van der Waals surface area contributed by atoms with Gasteiger partial charge < -0.3 is 29.7 Å². The van der Waals surface area contributed by atoms with Gasteiger partial charge in [0.2, 0.25) is 11.8 Å². The molecule has 0 atom stereocenters. The number of ether oxygens (including phenoxy) is 2. The van der Waals surface area contributed by atoms with Crippen LogP contribution in [0.4, 0.5) is 11.8 Å². The Hall–Kier alpha value is -2.30. The second kappa shape index (κ2) is 7.94. The number of anilines is 2. The summed E-state index contributed by atoms with van der Waals surface area (Å²) < 4.78 is 11.1. The Bertz CT molecular complexity index is 748. The molecule has 0 radical (unpaired) electrons. The van der Waals surface area contributed by atoms with Gasteiger partial charge in [-0.1, -0.05) is 0 Å². The molecule has 2 saturated heterocycles. The number of nitrogens with zero attached hydrogens (tertiary/aromatic N) is 6. The lowest BCUT2D eigenvalue weighted by molar-refractivity contribution is 0.122. The second-order valence-corrected chi connectivity index (χ2v) is 6.13. The average molecular weight is 361 g/mol. The zero-order valence-corrected chi connectivity index (χ0v) is 14.6. The molecular weight excluding hydrogens is 338 g/mol. The van der Waals surface area contributed by atoms with Crippen molar-refractivity contribution in [2.24, 2.45) is 0 Å². The predicted octanol–water partition coefficient (Wildman–Crippen LogP) is -0.963. The van der Waals surface area contributed by atoms with Crippen molar-refractivity contribution < 1.29 is 14.6 Å². The first-order valence-corrected chi connectivity index (χ1v) is 8.91. The van der Waals surface area contributed by atoms with Crippen molar-refractivity contribution in [3.8, 4) is 5.88 Å². The average Bonchev–Trinajstić information content (AvgIpc) is 2.72. The number of aromatic nitrogens is 4. The van der Waals surface area contributed by atoms with Crippen LogP contribution in [0, 0.1) is 0 Å². The summed E-state index contributed by atoms with van der Waals surface area (Å²) in [6, 6.07) is 0. The van der Waals surface area contributed by atoms with Crippen LogP contribution in [0.1, 0.15) is 0 Å². The maximum atomic E-state index is 9.08. The fourth-order valence-corrected chi connectivity index (χ4v) is 3.15. The lowest BCUT2D eigenvalue weighted by atomic mass is 10.3. The van der Waals surface area contributed by atoms with E-state index in [-0.39, 0.29) is 13.2 Å². The van der Waals surface area contributed by atoms with E-state index in [0.29, 0.717) is 36.1 Å². The van der Waals surface area contributed by atoms with Crippen LogP contribution < -0.4 is 19.9 Å². The molecule has 0 spiro atoms. The molecule has 0 amide bonds. The highest BCUT2D eigenvalue weighted by Crippen LogP contribution is 2.29. The van der Waals surface area contributed by atoms with Gasteiger partial charge in [0.25, 0.3) is 0 Å². The Labute approximate surface area is 151 Å². The number of piperazine rings is 1. The minimum atomic E-state index is -0.0858. The molecule has 26 heavy (non-hydrogen) atoms. The summed E-state index contributed by atoms with van der Waals surface area (Å²) in [6.45, 7) is 6.38. The van der Waals surface area contributed by atoms with Gasteiger partial charge in [0.05, 0.1) is 19.8 Å². The molecule has 2 aromatic heterocycles. The van der Waals surface area contributed by atoms with Gasteiger partial charge in [-0.3, -0.25) is 0 Å². The van der Waals surface area contributed by atoms with Gasteiger partial charge in [-0.25, -0.2) is 9.97 Å². The van der Waals surface area contributed by atoms with E-state index < -0.39 is 0 Å². The number of hydrogen-bond donors (Lipinski definition) is 2. The molecule has 2 N–H and O–H groups in total. The highest BCUT2D eigenvalue weighted by atomic mass is 16.5. The zero-order valence-electron chi connectivity index (χ0n) is 14.6. The summed E-state index contributed by atoms with van der Waals surface area (Å²) in [7, 11) is 0. The highest BCUT2D eigenvalue weighted by molar-refractivity contribution is 5.89. The molecule has 2 fully saturated rings. The van der Waals surface area contributed by atoms with E-state index >= 15 is 0 Å². The number of aliphatic hydroxyl groups excluding tert-OH is 1. The molecule has 10 nitrogen and oxygen atoms in total. The predicted molar refractivity (Wildman–Crippen MR) is 95.8 cm³/mol. The van der Waals surface area contributed by atoms with Gasteiger partial charge in [-0.05, 0) is 0 Å². The lowest BCUT2D eigenvalue weighted by Gasteiger charge is -2.31. The number of morpholine rings is 1. The number of nitrogens with one attached hydrogen (secondary N) is 1. The third kappa shape index (κ3) is 3.48. The standard InChI is InChI=1S/C16H23N7O3/c24-7-10-26-15-13-12(18-11-19-15)14(22-5-8-25-9-6-22)21-16(20-13)23-3-1-17-2-4-23/h11,17,24H,1-10H2. The van der Waals surface area contributed by atoms with Gasteiger partial charge >= 0.3 is 0 Å². The van der Waals surface area contributed by atoms with Gasteiger partial charge in [-0.2, -0.15) is 9.97 Å². The second-order valence-electron chi connectivity index (χ2n) is 6.13. The van der Waals surface area contributed by atoms with Gasteiger partial charge in [0.15, 0.2) is 11.3 Å². The van der Waals surface area contributed by atoms with Crippen LogP contribution in [-0.4, -0.2) is 90.7 Å². The molecule has 0 unspecified atom stereocenters. The number of fused-ring (bicyclic) bond motifs is 1. The van der Waals surface area contributed by atoms with Crippen LogP contribution in [0.3, 0.4) is 0 Å². The maximum absolute atomic E-state index is 9.08. The van der Waals surface area contributed by atoms with E-state index in [2.05, 4.69) is 25.1 Å². The van der Waals surface area contributed by atoms with Crippen LogP contribution in [0.2, 0.25) is 0 Å². The summed E-state index contributed by atoms with van der Waals surface area (Å²) in [5.41, 5.74) is 1.24. The molecule has 4 heterocycles. The summed E-state index contributed by atoms with van der Waals surface area (Å²) in [4.78, 5) is 22.5. The highest BCUT2D eigenvalue weighted by Gasteiger charge is 2.23. The normalized spacial score (nSPS) is 18.3. The Morgan fingerprint density at radius 3 is 2.62 bits per heavy atom. The van der Waals surface area contributed by atoms with Crippen LogP contribution in [-0.2, 0) is 4.74 Å². The Kier molecular flexibility index (Phi) is 5.23. The zero-order chi connectivity index (χ0) is 17.8. The first-order valence-electron chi connectivity index (χ1n) is 8.91. The van der Waals surface area contributed by atoms with Crippen LogP contribution in [0.5, 0.6) is 5.88 Å². The third-order valence-electron chi connectivity index (χ3n) is 4.46. The minimum absolute atomic E-state index is 0.0858. The van der Waals surface area contributed by atoms with Crippen molar-refractivity contribution in [3.63, 3.8) is 0 Å². The third-order valence-corrected chi connectivity index (χ3v) is 4.46. The first-order chi connectivity index (χ1) is 12.9. The SMILES string of the molecule is OCCOc1ncnc2c(N3CCOCC3)nc(N3CCNCC3)nc12. The molecule has 2 aromatic rings. The minimum Gasteiger partial charge on any atom is -0.474 e. The van der Waals surface area contributed by atoms with Crippen molar-refractivity contribution >= 4 is 22.8 Å². The molecule has 2 aliphatic heterocycles. The lowest BCUT2D eigenvalue weighted by Crippen LogP contribution is -2.44. The summed E-state index contributed by atoms with van der Waals surface area (Å²) >= 11 is 0. The van der Waals surface area contributed by atoms with Crippen LogP contribution in [0.15, 0.2) is 6.33 Å². The summed E-state index contributed by atoms with van der Waals surface area (Å²) in [5, 5.41) is 12.4. The van der Waals surface area contributed by atoms with E-state index in [1.807, 2.05) is 0 Å². The van der Waals surface area contributed by atoms with Crippen molar-refractivity contribution in [1.29, 1.82) is 0 Å². The molecule has 2 aliphatic rings. The van der Waals surface area contributed by atoms with Crippen molar-refractivity contribution in [1.82, 2.24) is 25.3 Å². The topological polar surface area (TPSA) is 109 Å².